The Morgan fingerprint density at radius 3 is 2.32 bits per heavy atom. The monoisotopic (exact) mass is 298 g/mol. The van der Waals surface area contributed by atoms with Crippen LogP contribution in [0.5, 0.6) is 0 Å². The summed E-state index contributed by atoms with van der Waals surface area (Å²) in [5.74, 6) is -3.21. The van der Waals surface area contributed by atoms with Crippen LogP contribution in [0.3, 0.4) is 0 Å². The highest BCUT2D eigenvalue weighted by Gasteiger charge is 2.36. The van der Waals surface area contributed by atoms with E-state index in [2.05, 4.69) is 15.0 Å². The molecule has 110 valence electrons. The summed E-state index contributed by atoms with van der Waals surface area (Å²) in [7, 11) is 0. The molecule has 0 amide bonds. The number of nitrogens with two attached hydrogens (primary N) is 1. The minimum atomic E-state index is -3.26. The molecule has 0 saturated heterocycles. The lowest BCUT2D eigenvalue weighted by molar-refractivity contribution is 0.0380. The molecule has 3 aromatic rings. The Morgan fingerprint density at radius 1 is 0.909 bits per heavy atom. The molecule has 3 rings (SSSR count). The summed E-state index contributed by atoms with van der Waals surface area (Å²) in [6.07, 6.45) is 1.54. The van der Waals surface area contributed by atoms with E-state index in [0.717, 1.165) is 6.07 Å². The second kappa shape index (κ2) is 5.48. The molecule has 0 bridgehead atoms. The number of alkyl halides is 2. The Balaban J connectivity index is 2.10. The second-order valence-corrected chi connectivity index (χ2v) is 4.66. The van der Waals surface area contributed by atoms with Gasteiger partial charge < -0.3 is 5.73 Å². The number of hydrogen-bond acceptors (Lipinski definition) is 4. The summed E-state index contributed by atoms with van der Waals surface area (Å²) in [4.78, 5) is 12.0. The molecule has 0 saturated carbocycles. The molecule has 0 unspecified atom stereocenters. The number of nitrogens with zero attached hydrogens (tertiary/aromatic N) is 3. The third kappa shape index (κ3) is 2.63. The topological polar surface area (TPSA) is 64.7 Å². The summed E-state index contributed by atoms with van der Waals surface area (Å²) in [5, 5.41) is 0. The molecule has 22 heavy (non-hydrogen) atoms. The summed E-state index contributed by atoms with van der Waals surface area (Å²) in [6.45, 7) is 0. The number of nitrogen functional groups attached to an aromatic ring is 1. The van der Waals surface area contributed by atoms with Crippen molar-refractivity contribution in [3.05, 3.63) is 72.1 Å². The second-order valence-electron chi connectivity index (χ2n) is 4.66. The van der Waals surface area contributed by atoms with Gasteiger partial charge in [0.25, 0.3) is 0 Å². The molecule has 0 fully saturated rings. The van der Waals surface area contributed by atoms with Gasteiger partial charge in [0.15, 0.2) is 5.82 Å². The van der Waals surface area contributed by atoms with Gasteiger partial charge in [-0.05, 0) is 12.1 Å². The van der Waals surface area contributed by atoms with Crippen molar-refractivity contribution in [1.82, 2.24) is 15.0 Å². The molecule has 0 aliphatic heterocycles. The lowest BCUT2D eigenvalue weighted by Gasteiger charge is -2.17. The molecule has 1 aromatic carbocycles. The van der Waals surface area contributed by atoms with Crippen molar-refractivity contribution in [3.63, 3.8) is 0 Å². The molecule has 0 atom stereocenters. The Labute approximate surface area is 125 Å². The van der Waals surface area contributed by atoms with Crippen LogP contribution >= 0.6 is 0 Å². The Bertz CT molecular complexity index is 777. The van der Waals surface area contributed by atoms with Gasteiger partial charge in [-0.3, -0.25) is 4.98 Å². The average molecular weight is 298 g/mol. The molecule has 2 N–H and O–H groups in total. The van der Waals surface area contributed by atoms with E-state index >= 15 is 0 Å². The van der Waals surface area contributed by atoms with Crippen LogP contribution in [0.15, 0.2) is 60.8 Å². The van der Waals surface area contributed by atoms with Crippen LogP contribution in [-0.2, 0) is 5.92 Å². The van der Waals surface area contributed by atoms with Crippen molar-refractivity contribution < 1.29 is 8.78 Å². The molecule has 6 heteroatoms. The molecule has 0 radical (unpaired) electrons. The quantitative estimate of drug-likeness (QED) is 0.806. The van der Waals surface area contributed by atoms with Crippen molar-refractivity contribution in [2.75, 3.05) is 5.73 Å². The maximum absolute atomic E-state index is 14.6. The van der Waals surface area contributed by atoms with Crippen LogP contribution in [0.1, 0.15) is 11.3 Å². The highest BCUT2D eigenvalue weighted by Crippen LogP contribution is 2.35. The maximum atomic E-state index is 14.6. The Morgan fingerprint density at radius 2 is 1.64 bits per heavy atom. The van der Waals surface area contributed by atoms with E-state index in [1.165, 1.54) is 18.3 Å². The van der Waals surface area contributed by atoms with Crippen LogP contribution in [0.4, 0.5) is 14.6 Å². The number of anilines is 1. The number of hydrogen-bond donors (Lipinski definition) is 1. The molecule has 0 spiro atoms. The number of rotatable bonds is 3. The van der Waals surface area contributed by atoms with Crippen molar-refractivity contribution in [3.8, 4) is 11.5 Å². The highest BCUT2D eigenvalue weighted by atomic mass is 19.3. The van der Waals surface area contributed by atoms with E-state index in [1.807, 2.05) is 0 Å². The minimum Gasteiger partial charge on any atom is -0.384 e. The van der Waals surface area contributed by atoms with E-state index in [4.69, 9.17) is 5.73 Å². The van der Waals surface area contributed by atoms with Crippen LogP contribution in [-0.4, -0.2) is 15.0 Å². The number of aromatic nitrogens is 3. The predicted molar refractivity (Wildman–Crippen MR) is 79.1 cm³/mol. The third-order valence-corrected chi connectivity index (χ3v) is 3.10. The summed E-state index contributed by atoms with van der Waals surface area (Å²) in [6, 6.07) is 13.6. The highest BCUT2D eigenvalue weighted by molar-refractivity contribution is 5.52. The standard InChI is InChI=1S/C16H12F2N4/c17-16(18,11-6-2-1-3-7-11)13-10-14(19)22-15(21-13)12-8-4-5-9-20-12/h1-10H,(H2,19,21,22). The lowest BCUT2D eigenvalue weighted by Crippen LogP contribution is -2.18. The van der Waals surface area contributed by atoms with Gasteiger partial charge in [-0.25, -0.2) is 9.97 Å². The van der Waals surface area contributed by atoms with E-state index < -0.39 is 11.6 Å². The molecule has 2 aromatic heterocycles. The van der Waals surface area contributed by atoms with Gasteiger partial charge in [-0.15, -0.1) is 0 Å². The fourth-order valence-corrected chi connectivity index (χ4v) is 2.03. The summed E-state index contributed by atoms with van der Waals surface area (Å²) < 4.78 is 29.2. The number of pyridine rings is 1. The van der Waals surface area contributed by atoms with Gasteiger partial charge in [0, 0.05) is 17.8 Å². The first-order valence-corrected chi connectivity index (χ1v) is 6.57. The van der Waals surface area contributed by atoms with Crippen LogP contribution in [0.2, 0.25) is 0 Å². The first-order chi connectivity index (χ1) is 10.6. The van der Waals surface area contributed by atoms with Crippen LogP contribution < -0.4 is 5.73 Å². The lowest BCUT2D eigenvalue weighted by atomic mass is 10.1. The predicted octanol–water partition coefficient (Wildman–Crippen LogP) is 3.26. The van der Waals surface area contributed by atoms with E-state index in [9.17, 15) is 8.78 Å². The summed E-state index contributed by atoms with van der Waals surface area (Å²) >= 11 is 0. The SMILES string of the molecule is Nc1cc(C(F)(F)c2ccccc2)nc(-c2ccccn2)n1. The molecular formula is C16H12F2N4. The molecule has 0 aliphatic rings. The zero-order valence-electron chi connectivity index (χ0n) is 11.4. The van der Waals surface area contributed by atoms with Gasteiger partial charge in [0.05, 0.1) is 0 Å². The van der Waals surface area contributed by atoms with Gasteiger partial charge in [0.1, 0.15) is 17.2 Å². The number of halogens is 2. The largest absolute Gasteiger partial charge is 0.384 e. The van der Waals surface area contributed by atoms with Gasteiger partial charge >= 0.3 is 5.92 Å². The molecular weight excluding hydrogens is 286 g/mol. The van der Waals surface area contributed by atoms with Crippen LogP contribution in [0, 0.1) is 0 Å². The third-order valence-electron chi connectivity index (χ3n) is 3.10. The van der Waals surface area contributed by atoms with Gasteiger partial charge in [0.2, 0.25) is 0 Å². The molecule has 4 nitrogen and oxygen atoms in total. The first-order valence-electron chi connectivity index (χ1n) is 6.57. The zero-order chi connectivity index (χ0) is 15.6. The van der Waals surface area contributed by atoms with E-state index in [0.29, 0.717) is 5.69 Å². The van der Waals surface area contributed by atoms with E-state index in [1.54, 1.807) is 36.4 Å². The van der Waals surface area contributed by atoms with Crippen molar-refractivity contribution >= 4 is 5.82 Å². The zero-order valence-corrected chi connectivity index (χ0v) is 11.4. The number of benzene rings is 1. The molecule has 2 heterocycles. The normalized spacial score (nSPS) is 11.4. The van der Waals surface area contributed by atoms with Gasteiger partial charge in [-0.1, -0.05) is 36.4 Å². The fourth-order valence-electron chi connectivity index (χ4n) is 2.03. The van der Waals surface area contributed by atoms with Gasteiger partial charge in [-0.2, -0.15) is 8.78 Å². The Hall–Kier alpha value is -2.89. The van der Waals surface area contributed by atoms with E-state index in [-0.39, 0.29) is 17.2 Å². The average Bonchev–Trinajstić information content (AvgIpc) is 2.56. The Kier molecular flexibility index (Phi) is 3.50. The van der Waals surface area contributed by atoms with Crippen molar-refractivity contribution in [2.45, 2.75) is 5.92 Å². The summed E-state index contributed by atoms with van der Waals surface area (Å²) in [5.41, 5.74) is 5.44. The van der Waals surface area contributed by atoms with Crippen molar-refractivity contribution in [2.24, 2.45) is 0 Å². The smallest absolute Gasteiger partial charge is 0.315 e. The fraction of sp³-hybridized carbons (Fsp3) is 0.0625. The van der Waals surface area contributed by atoms with Crippen molar-refractivity contribution in [1.29, 1.82) is 0 Å². The maximum Gasteiger partial charge on any atom is 0.315 e. The first kappa shape index (κ1) is 14.1. The van der Waals surface area contributed by atoms with Crippen LogP contribution in [0.25, 0.3) is 11.5 Å². The minimum absolute atomic E-state index is 0.0266. The molecule has 0 aliphatic carbocycles.